The van der Waals surface area contributed by atoms with Crippen LogP contribution in [0, 0.1) is 11.8 Å². The van der Waals surface area contributed by atoms with E-state index in [0.717, 1.165) is 34.5 Å². The molecule has 1 atom stereocenters. The number of thiazole rings is 1. The molecule has 1 aromatic heterocycles. The first-order valence-electron chi connectivity index (χ1n) is 10.7. The molecule has 7 heteroatoms. The average molecular weight is 443 g/mol. The van der Waals surface area contributed by atoms with E-state index in [2.05, 4.69) is 22.1 Å². The summed E-state index contributed by atoms with van der Waals surface area (Å²) in [5.74, 6) is 6.10. The summed E-state index contributed by atoms with van der Waals surface area (Å²) in [5.41, 5.74) is 1.20. The van der Waals surface area contributed by atoms with Gasteiger partial charge in [-0.15, -0.1) is 11.3 Å². The lowest BCUT2D eigenvalue weighted by molar-refractivity contribution is 0.0600. The number of carbonyl (C=O) groups excluding carboxylic acids is 1. The molecule has 2 heterocycles. The Balaban J connectivity index is 0.00000132. The van der Waals surface area contributed by atoms with Crippen LogP contribution >= 0.6 is 11.3 Å². The van der Waals surface area contributed by atoms with E-state index in [1.807, 2.05) is 32.0 Å². The summed E-state index contributed by atoms with van der Waals surface area (Å²) in [4.78, 5) is 17.7. The Bertz CT molecular complexity index is 993. The zero-order valence-corrected chi connectivity index (χ0v) is 19.6. The molecule has 1 aliphatic carbocycles. The summed E-state index contributed by atoms with van der Waals surface area (Å²) in [7, 11) is 1.36. The number of nitrogens with zero attached hydrogens (tertiary/aromatic N) is 1. The number of aromatic nitrogens is 1. The van der Waals surface area contributed by atoms with Crippen molar-refractivity contribution in [2.24, 2.45) is 0 Å². The number of aliphatic hydroxyl groups is 1. The highest BCUT2D eigenvalue weighted by atomic mass is 32.1. The van der Waals surface area contributed by atoms with Crippen LogP contribution in [0.1, 0.15) is 73.2 Å². The van der Waals surface area contributed by atoms with Crippen LogP contribution < -0.4 is 10.1 Å². The number of benzene rings is 1. The lowest BCUT2D eigenvalue weighted by Crippen LogP contribution is -2.39. The van der Waals surface area contributed by atoms with Gasteiger partial charge in [0.15, 0.2) is 0 Å². The van der Waals surface area contributed by atoms with Crippen LogP contribution in [0.15, 0.2) is 18.2 Å². The molecule has 31 heavy (non-hydrogen) atoms. The molecule has 1 unspecified atom stereocenters. The van der Waals surface area contributed by atoms with Gasteiger partial charge in [-0.1, -0.05) is 32.1 Å². The highest BCUT2D eigenvalue weighted by Crippen LogP contribution is 2.42. The molecule has 0 bridgehead atoms. The van der Waals surface area contributed by atoms with Crippen LogP contribution in [-0.2, 0) is 4.74 Å². The Hall–Kier alpha value is -2.40. The van der Waals surface area contributed by atoms with Crippen LogP contribution in [-0.4, -0.2) is 41.4 Å². The zero-order valence-electron chi connectivity index (χ0n) is 18.7. The van der Waals surface area contributed by atoms with Gasteiger partial charge in [0.25, 0.3) is 0 Å². The first kappa shape index (κ1) is 23.3. The van der Waals surface area contributed by atoms with Gasteiger partial charge in [0.2, 0.25) is 5.01 Å². The fourth-order valence-electron chi connectivity index (χ4n) is 3.31. The number of esters is 1. The topological polar surface area (TPSA) is 80.7 Å². The molecule has 0 saturated heterocycles. The Kier molecular flexibility index (Phi) is 7.37. The van der Waals surface area contributed by atoms with Crippen molar-refractivity contribution in [1.29, 1.82) is 0 Å². The smallest absolute Gasteiger partial charge is 0.367 e. The maximum absolute atomic E-state index is 12.1. The molecule has 1 aliphatic heterocycles. The molecule has 0 amide bonds. The van der Waals surface area contributed by atoms with Crippen molar-refractivity contribution in [2.75, 3.05) is 13.7 Å². The van der Waals surface area contributed by atoms with Gasteiger partial charge in [-0.2, -0.15) is 0 Å². The third-order valence-electron chi connectivity index (χ3n) is 5.02. The van der Waals surface area contributed by atoms with Crippen LogP contribution in [0.25, 0.3) is 11.3 Å². The Morgan fingerprint density at radius 1 is 1.35 bits per heavy atom. The van der Waals surface area contributed by atoms with Gasteiger partial charge in [-0.3, -0.25) is 0 Å². The average Bonchev–Trinajstić information content (AvgIpc) is 3.11. The lowest BCUT2D eigenvalue weighted by atomic mass is 9.92. The van der Waals surface area contributed by atoms with E-state index < -0.39 is 11.6 Å². The molecule has 1 saturated carbocycles. The van der Waals surface area contributed by atoms with Crippen molar-refractivity contribution in [3.63, 3.8) is 0 Å². The van der Waals surface area contributed by atoms with Gasteiger partial charge >= 0.3 is 5.97 Å². The van der Waals surface area contributed by atoms with Crippen molar-refractivity contribution < 1.29 is 19.4 Å². The lowest BCUT2D eigenvalue weighted by Gasteiger charge is -2.30. The highest BCUT2D eigenvalue weighted by Gasteiger charge is 2.32. The first-order valence-corrected chi connectivity index (χ1v) is 11.5. The molecule has 1 aromatic carbocycles. The molecule has 166 valence electrons. The monoisotopic (exact) mass is 442 g/mol. The minimum atomic E-state index is -1.08. The van der Waals surface area contributed by atoms with E-state index in [-0.39, 0.29) is 6.04 Å². The summed E-state index contributed by atoms with van der Waals surface area (Å²) in [5, 5.41) is 13.9. The van der Waals surface area contributed by atoms with Crippen molar-refractivity contribution in [2.45, 2.75) is 64.6 Å². The van der Waals surface area contributed by atoms with Gasteiger partial charge in [0, 0.05) is 17.2 Å². The van der Waals surface area contributed by atoms with E-state index >= 15 is 0 Å². The summed E-state index contributed by atoms with van der Waals surface area (Å²) in [6.07, 6.45) is 3.54. The number of rotatable bonds is 3. The third kappa shape index (κ3) is 5.45. The maximum atomic E-state index is 12.1. The van der Waals surface area contributed by atoms with Crippen molar-refractivity contribution >= 4 is 17.3 Å². The van der Waals surface area contributed by atoms with Crippen LogP contribution in [0.5, 0.6) is 5.75 Å². The number of carbonyl (C=O) groups is 1. The number of fused-ring (bicyclic) bond motifs is 3. The molecule has 0 radical (unpaired) electrons. The Morgan fingerprint density at radius 2 is 2.10 bits per heavy atom. The van der Waals surface area contributed by atoms with Gasteiger partial charge in [-0.25, -0.2) is 9.78 Å². The predicted octanol–water partition coefficient (Wildman–Crippen LogP) is 4.32. The number of hydrogen-bond donors (Lipinski definition) is 2. The van der Waals surface area contributed by atoms with Gasteiger partial charge < -0.3 is 19.9 Å². The standard InChI is InChI=1S/C22H24N2O4S.C2H6/c1-22(2,26)10-9-13-7-8-17-15(11-13)18-19(29-20(24-18)21(25)27-3)16(12-28-17)23-14-5-4-6-14;1-2/h7-8,11,14,16,23,26H,4-6,12H2,1-3H3;1-2H3. The van der Waals surface area contributed by atoms with E-state index in [1.54, 1.807) is 13.8 Å². The van der Waals surface area contributed by atoms with Crippen LogP contribution in [0.2, 0.25) is 0 Å². The fraction of sp³-hybridized carbons (Fsp3) is 0.500. The normalized spacial score (nSPS) is 17.3. The minimum absolute atomic E-state index is 0.0375. The van der Waals surface area contributed by atoms with E-state index in [4.69, 9.17) is 9.47 Å². The van der Waals surface area contributed by atoms with Gasteiger partial charge in [0.1, 0.15) is 18.0 Å². The maximum Gasteiger partial charge on any atom is 0.367 e. The molecule has 6 nitrogen and oxygen atoms in total. The Morgan fingerprint density at radius 3 is 2.71 bits per heavy atom. The van der Waals surface area contributed by atoms with Crippen LogP contribution in [0.3, 0.4) is 0 Å². The molecule has 2 aliphatic rings. The number of ether oxygens (including phenoxy) is 2. The van der Waals surface area contributed by atoms with E-state index in [9.17, 15) is 9.90 Å². The summed E-state index contributed by atoms with van der Waals surface area (Å²) in [6, 6.07) is 6.07. The van der Waals surface area contributed by atoms with Crippen LogP contribution in [0.4, 0.5) is 0 Å². The molecule has 1 fully saturated rings. The minimum Gasteiger partial charge on any atom is -0.491 e. The largest absolute Gasteiger partial charge is 0.491 e. The predicted molar refractivity (Wildman–Crippen MR) is 122 cm³/mol. The van der Waals surface area contributed by atoms with E-state index in [1.165, 1.54) is 24.9 Å². The molecule has 4 rings (SSSR count). The quantitative estimate of drug-likeness (QED) is 0.544. The summed E-state index contributed by atoms with van der Waals surface area (Å²) in [6.45, 7) is 7.75. The highest BCUT2D eigenvalue weighted by molar-refractivity contribution is 7.14. The molecular weight excluding hydrogens is 412 g/mol. The second kappa shape index (κ2) is 9.82. The first-order chi connectivity index (χ1) is 14.8. The molecule has 2 N–H and O–H groups in total. The zero-order chi connectivity index (χ0) is 22.6. The van der Waals surface area contributed by atoms with Crippen molar-refractivity contribution in [3.8, 4) is 28.8 Å². The van der Waals surface area contributed by atoms with Crippen molar-refractivity contribution in [3.05, 3.63) is 33.6 Å². The number of nitrogens with one attached hydrogen (secondary N) is 1. The van der Waals surface area contributed by atoms with Gasteiger partial charge in [-0.05, 0) is 44.9 Å². The number of methoxy groups -OCH3 is 1. The SMILES string of the molecule is CC.COC(=O)c1nc2c(s1)C(NC1CCC1)COc1ccc(C#CC(C)(C)O)cc1-2. The van der Waals surface area contributed by atoms with Crippen molar-refractivity contribution in [1.82, 2.24) is 10.3 Å². The molecule has 0 spiro atoms. The second-order valence-corrected chi connectivity index (χ2v) is 8.93. The Labute approximate surface area is 188 Å². The molecule has 2 aromatic rings. The summed E-state index contributed by atoms with van der Waals surface area (Å²) >= 11 is 1.35. The van der Waals surface area contributed by atoms with Gasteiger partial charge in [0.05, 0.1) is 23.7 Å². The summed E-state index contributed by atoms with van der Waals surface area (Å²) < 4.78 is 11.0. The van der Waals surface area contributed by atoms with E-state index in [0.29, 0.717) is 23.4 Å². The molecular formula is C24H30N2O4S. The second-order valence-electron chi connectivity index (χ2n) is 7.90. The fourth-order valence-corrected chi connectivity index (χ4v) is 4.35. The number of hydrogen-bond acceptors (Lipinski definition) is 7. The third-order valence-corrected chi connectivity index (χ3v) is 6.17.